The first-order chi connectivity index (χ1) is 16.7. The Morgan fingerprint density at radius 1 is 1.00 bits per heavy atom. The van der Waals surface area contributed by atoms with E-state index in [-0.39, 0.29) is 21.8 Å². The van der Waals surface area contributed by atoms with Crippen molar-refractivity contribution in [1.29, 1.82) is 0 Å². The van der Waals surface area contributed by atoms with Gasteiger partial charge < -0.3 is 10.1 Å². The summed E-state index contributed by atoms with van der Waals surface area (Å²) in [6.07, 6.45) is 2.70. The van der Waals surface area contributed by atoms with Gasteiger partial charge in [0.15, 0.2) is 9.84 Å². The molecule has 178 valence electrons. The molecule has 4 rings (SSSR count). The van der Waals surface area contributed by atoms with Gasteiger partial charge in [-0.15, -0.1) is 0 Å². The molecule has 3 aromatic carbocycles. The smallest absolute Gasteiger partial charge is 0.256 e. The van der Waals surface area contributed by atoms with E-state index in [0.29, 0.717) is 27.5 Å². The molecule has 6 nitrogen and oxygen atoms in total. The SMILES string of the molecule is COc1cc(F)cc(-c2cc(S(C)(=O)=O)ccc2C(=O)Nc2ccc(Cl)c(-c3ccccn3)c2)c1. The third-order valence-corrected chi connectivity index (χ3v) is 6.69. The van der Waals surface area contributed by atoms with Gasteiger partial charge in [-0.25, -0.2) is 12.8 Å². The molecule has 1 N–H and O–H groups in total. The van der Waals surface area contributed by atoms with Crippen LogP contribution >= 0.6 is 11.6 Å². The molecular weight excluding hydrogens is 491 g/mol. The van der Waals surface area contributed by atoms with E-state index in [9.17, 15) is 17.6 Å². The highest BCUT2D eigenvalue weighted by molar-refractivity contribution is 7.90. The number of methoxy groups -OCH3 is 1. The van der Waals surface area contributed by atoms with Crippen molar-refractivity contribution in [3.8, 4) is 28.1 Å². The average molecular weight is 511 g/mol. The fraction of sp³-hybridized carbons (Fsp3) is 0.0769. The quantitative estimate of drug-likeness (QED) is 0.350. The Morgan fingerprint density at radius 3 is 2.49 bits per heavy atom. The zero-order chi connectivity index (χ0) is 25.2. The van der Waals surface area contributed by atoms with Crippen LogP contribution in [0.2, 0.25) is 5.02 Å². The van der Waals surface area contributed by atoms with Gasteiger partial charge >= 0.3 is 0 Å². The molecule has 0 radical (unpaired) electrons. The van der Waals surface area contributed by atoms with Crippen LogP contribution in [-0.4, -0.2) is 32.7 Å². The molecule has 35 heavy (non-hydrogen) atoms. The van der Waals surface area contributed by atoms with E-state index in [1.807, 2.05) is 6.07 Å². The molecule has 0 fully saturated rings. The number of carbonyl (C=O) groups excluding carboxylic acids is 1. The minimum absolute atomic E-state index is 0.00351. The van der Waals surface area contributed by atoms with Crippen LogP contribution in [0.3, 0.4) is 0 Å². The third kappa shape index (κ3) is 5.50. The molecule has 0 aliphatic carbocycles. The Kier molecular flexibility index (Phi) is 6.86. The molecule has 0 atom stereocenters. The van der Waals surface area contributed by atoms with Crippen LogP contribution in [0.4, 0.5) is 10.1 Å². The molecule has 0 aliphatic heterocycles. The van der Waals surface area contributed by atoms with Crippen LogP contribution in [0, 0.1) is 5.82 Å². The van der Waals surface area contributed by atoms with E-state index in [0.717, 1.165) is 6.26 Å². The Bertz CT molecular complexity index is 1530. The fourth-order valence-corrected chi connectivity index (χ4v) is 4.41. The zero-order valence-electron chi connectivity index (χ0n) is 18.7. The van der Waals surface area contributed by atoms with Gasteiger partial charge in [-0.2, -0.15) is 0 Å². The fourth-order valence-electron chi connectivity index (χ4n) is 3.55. The summed E-state index contributed by atoms with van der Waals surface area (Å²) < 4.78 is 43.7. The maximum atomic E-state index is 14.2. The number of carbonyl (C=O) groups is 1. The van der Waals surface area contributed by atoms with Crippen molar-refractivity contribution in [3.05, 3.63) is 95.4 Å². The summed E-state index contributed by atoms with van der Waals surface area (Å²) in [6, 6.07) is 18.4. The Hall–Kier alpha value is -3.75. The second kappa shape index (κ2) is 9.85. The van der Waals surface area contributed by atoms with Crippen molar-refractivity contribution < 1.29 is 22.3 Å². The summed E-state index contributed by atoms with van der Waals surface area (Å²) in [5.74, 6) is -0.875. The van der Waals surface area contributed by atoms with E-state index < -0.39 is 21.6 Å². The van der Waals surface area contributed by atoms with Gasteiger partial charge in [0.25, 0.3) is 5.91 Å². The van der Waals surface area contributed by atoms with Crippen LogP contribution in [0.5, 0.6) is 5.75 Å². The topological polar surface area (TPSA) is 85.4 Å². The Labute approximate surface area is 207 Å². The van der Waals surface area contributed by atoms with Crippen molar-refractivity contribution in [3.63, 3.8) is 0 Å². The number of halogens is 2. The zero-order valence-corrected chi connectivity index (χ0v) is 20.3. The number of pyridine rings is 1. The second-order valence-electron chi connectivity index (χ2n) is 7.72. The highest BCUT2D eigenvalue weighted by atomic mass is 35.5. The number of aromatic nitrogens is 1. The van der Waals surface area contributed by atoms with Crippen LogP contribution in [-0.2, 0) is 9.84 Å². The van der Waals surface area contributed by atoms with Gasteiger partial charge in [-0.05, 0) is 71.8 Å². The van der Waals surface area contributed by atoms with E-state index >= 15 is 0 Å². The number of nitrogens with one attached hydrogen (secondary N) is 1. The van der Waals surface area contributed by atoms with Gasteiger partial charge in [-0.3, -0.25) is 9.78 Å². The summed E-state index contributed by atoms with van der Waals surface area (Å²) in [4.78, 5) is 17.6. The predicted octanol–water partition coefficient (Wildman–Crippen LogP) is 5.87. The Balaban J connectivity index is 1.77. The first kappa shape index (κ1) is 24.4. The van der Waals surface area contributed by atoms with Gasteiger partial charge in [0, 0.05) is 35.3 Å². The number of rotatable bonds is 6. The molecule has 1 heterocycles. The summed E-state index contributed by atoms with van der Waals surface area (Å²) in [7, 11) is -2.19. The molecule has 9 heteroatoms. The van der Waals surface area contributed by atoms with Crippen molar-refractivity contribution in [2.75, 3.05) is 18.7 Å². The van der Waals surface area contributed by atoms with Crippen LogP contribution in [0.15, 0.2) is 83.9 Å². The predicted molar refractivity (Wildman–Crippen MR) is 134 cm³/mol. The molecular formula is C26H20ClFN2O4S. The standard InChI is InChI=1S/C26H20ClFN2O4S/c1-34-19-12-16(11-17(28)13-19)22-15-20(35(2,32)33)7-8-21(22)26(31)30-18-6-9-24(27)23(14-18)25-5-3-4-10-29-25/h3-15H,1-2H3,(H,30,31). The van der Waals surface area contributed by atoms with E-state index in [1.54, 1.807) is 36.5 Å². The van der Waals surface area contributed by atoms with Gasteiger partial charge in [0.1, 0.15) is 11.6 Å². The summed E-state index contributed by atoms with van der Waals surface area (Å²) in [6.45, 7) is 0. The highest BCUT2D eigenvalue weighted by Crippen LogP contribution is 2.33. The number of anilines is 1. The molecule has 0 bridgehead atoms. The van der Waals surface area contributed by atoms with E-state index in [4.69, 9.17) is 16.3 Å². The molecule has 4 aromatic rings. The monoisotopic (exact) mass is 510 g/mol. The third-order valence-electron chi connectivity index (χ3n) is 5.25. The molecule has 0 unspecified atom stereocenters. The van der Waals surface area contributed by atoms with Gasteiger partial charge in [-0.1, -0.05) is 17.7 Å². The minimum Gasteiger partial charge on any atom is -0.497 e. The summed E-state index contributed by atoms with van der Waals surface area (Å²) >= 11 is 6.34. The molecule has 0 saturated heterocycles. The molecule has 0 aliphatic rings. The summed E-state index contributed by atoms with van der Waals surface area (Å²) in [5, 5.41) is 3.27. The number of hydrogen-bond donors (Lipinski definition) is 1. The van der Waals surface area contributed by atoms with Crippen molar-refractivity contribution in [2.24, 2.45) is 0 Å². The lowest BCUT2D eigenvalue weighted by Gasteiger charge is -2.14. The van der Waals surface area contributed by atoms with Crippen molar-refractivity contribution in [2.45, 2.75) is 4.90 Å². The molecule has 0 spiro atoms. The first-order valence-corrected chi connectivity index (χ1v) is 12.6. The lowest BCUT2D eigenvalue weighted by Crippen LogP contribution is -2.14. The molecule has 1 aromatic heterocycles. The Morgan fingerprint density at radius 2 is 1.80 bits per heavy atom. The molecule has 0 saturated carbocycles. The van der Waals surface area contributed by atoms with Gasteiger partial charge in [0.2, 0.25) is 0 Å². The number of nitrogens with zero attached hydrogens (tertiary/aromatic N) is 1. The maximum absolute atomic E-state index is 14.2. The summed E-state index contributed by atoms with van der Waals surface area (Å²) in [5.41, 5.74) is 2.41. The number of amides is 1. The normalized spacial score (nSPS) is 11.2. The van der Waals surface area contributed by atoms with Crippen molar-refractivity contribution in [1.82, 2.24) is 4.98 Å². The number of benzene rings is 3. The second-order valence-corrected chi connectivity index (χ2v) is 10.1. The largest absolute Gasteiger partial charge is 0.497 e. The number of hydrogen-bond acceptors (Lipinski definition) is 5. The maximum Gasteiger partial charge on any atom is 0.256 e. The van der Waals surface area contributed by atoms with E-state index in [1.165, 1.54) is 43.5 Å². The van der Waals surface area contributed by atoms with Crippen LogP contribution < -0.4 is 10.1 Å². The van der Waals surface area contributed by atoms with Gasteiger partial charge in [0.05, 0.1) is 22.7 Å². The number of ether oxygens (including phenoxy) is 1. The van der Waals surface area contributed by atoms with Crippen molar-refractivity contribution >= 4 is 33.0 Å². The average Bonchev–Trinajstić information content (AvgIpc) is 2.84. The lowest BCUT2D eigenvalue weighted by molar-refractivity contribution is 0.102. The highest BCUT2D eigenvalue weighted by Gasteiger charge is 2.19. The minimum atomic E-state index is -3.58. The van der Waals surface area contributed by atoms with Crippen LogP contribution in [0.1, 0.15) is 10.4 Å². The van der Waals surface area contributed by atoms with E-state index in [2.05, 4.69) is 10.3 Å². The molecule has 1 amide bonds. The lowest BCUT2D eigenvalue weighted by atomic mass is 9.98. The first-order valence-electron chi connectivity index (χ1n) is 10.4. The number of sulfone groups is 1. The van der Waals surface area contributed by atoms with Crippen LogP contribution in [0.25, 0.3) is 22.4 Å².